The molecule has 35 heavy (non-hydrogen) atoms. The number of nitrogens with zero attached hydrogens (tertiary/aromatic N) is 1. The van der Waals surface area contributed by atoms with Gasteiger partial charge in [0.1, 0.15) is 22.9 Å². The van der Waals surface area contributed by atoms with Crippen LogP contribution in [0.2, 0.25) is 15.1 Å². The van der Waals surface area contributed by atoms with Gasteiger partial charge in [-0.3, -0.25) is 10.1 Å². The van der Waals surface area contributed by atoms with Crippen molar-refractivity contribution >= 4 is 40.8 Å². The van der Waals surface area contributed by atoms with E-state index in [1.165, 1.54) is 12.1 Å². The van der Waals surface area contributed by atoms with Crippen LogP contribution in [-0.2, 0) is 14.9 Å². The molecule has 0 aliphatic carbocycles. The van der Waals surface area contributed by atoms with Gasteiger partial charge in [0.15, 0.2) is 0 Å². The molecule has 1 aliphatic heterocycles. The van der Waals surface area contributed by atoms with E-state index in [-0.39, 0.29) is 21.0 Å². The predicted molar refractivity (Wildman–Crippen MR) is 139 cm³/mol. The van der Waals surface area contributed by atoms with Crippen molar-refractivity contribution in [1.29, 1.82) is 5.26 Å². The van der Waals surface area contributed by atoms with Gasteiger partial charge >= 0.3 is 5.97 Å². The third-order valence-corrected chi connectivity index (χ3v) is 7.07. The van der Waals surface area contributed by atoms with Crippen LogP contribution in [0, 0.1) is 22.6 Å². The van der Waals surface area contributed by atoms with Crippen molar-refractivity contribution in [3.63, 3.8) is 0 Å². The number of nitrogens with one attached hydrogen (secondary N) is 1. The number of rotatable bonds is 4. The molecule has 3 rings (SSSR count). The van der Waals surface area contributed by atoms with E-state index < -0.39 is 40.8 Å². The summed E-state index contributed by atoms with van der Waals surface area (Å²) in [6.07, 6.45) is 0.486. The highest BCUT2D eigenvalue weighted by molar-refractivity contribution is 6.42. The van der Waals surface area contributed by atoms with E-state index in [0.717, 1.165) is 0 Å². The van der Waals surface area contributed by atoms with Gasteiger partial charge in [-0.25, -0.2) is 4.39 Å². The monoisotopic (exact) mass is 538 g/mol. The van der Waals surface area contributed by atoms with Gasteiger partial charge in [0.2, 0.25) is 0 Å². The Morgan fingerprint density at radius 1 is 1.09 bits per heavy atom. The number of carbonyl (C=O) groups excluding carboxylic acids is 1. The highest BCUT2D eigenvalue weighted by Gasteiger charge is 2.61. The molecule has 1 aliphatic rings. The highest BCUT2D eigenvalue weighted by atomic mass is 35.5. The minimum absolute atomic E-state index is 0.160. The molecule has 0 unspecified atom stereocenters. The molecule has 0 amide bonds. The first-order valence-corrected chi connectivity index (χ1v) is 12.5. The third kappa shape index (κ3) is 5.78. The Labute approximate surface area is 221 Å². The van der Waals surface area contributed by atoms with E-state index in [1.54, 1.807) is 45.0 Å². The smallest absolute Gasteiger partial charge is 0.324 e. The van der Waals surface area contributed by atoms with E-state index in [2.05, 4.69) is 11.4 Å². The summed E-state index contributed by atoms with van der Waals surface area (Å²) in [5.74, 6) is -1.96. The van der Waals surface area contributed by atoms with Gasteiger partial charge in [-0.15, -0.1) is 0 Å². The summed E-state index contributed by atoms with van der Waals surface area (Å²) in [4.78, 5) is 13.5. The van der Waals surface area contributed by atoms with Crippen molar-refractivity contribution in [2.75, 3.05) is 0 Å². The first-order chi connectivity index (χ1) is 16.1. The van der Waals surface area contributed by atoms with Crippen molar-refractivity contribution in [3.05, 3.63) is 68.4 Å². The molecule has 4 atom stereocenters. The van der Waals surface area contributed by atoms with E-state index in [9.17, 15) is 10.1 Å². The molecule has 8 heteroatoms. The SMILES string of the molecule is CC(C)(C)C[C@@H]1N[C@@H](C(=O)OC(C)(C)C)[C@H](c2ccc(Cl)c(Cl)c2)[C@@]1(C#N)c1ccc(Cl)cc1F. The lowest BCUT2D eigenvalue weighted by Gasteiger charge is -2.37. The zero-order chi connectivity index (χ0) is 26.3. The molecule has 1 fully saturated rings. The molecule has 1 saturated heterocycles. The van der Waals surface area contributed by atoms with Crippen LogP contribution >= 0.6 is 34.8 Å². The molecule has 1 N–H and O–H groups in total. The van der Waals surface area contributed by atoms with Gasteiger partial charge in [-0.05, 0) is 62.4 Å². The molecule has 188 valence electrons. The Bertz CT molecular complexity index is 1170. The standard InChI is InChI=1S/C27H30Cl3FN2O2/c1-25(2,3)13-21-27(14-32,17-9-8-16(28)12-20(17)31)22(15-7-10-18(29)19(30)11-15)23(33-21)24(34)35-26(4,5)6/h7-12,21-23,33H,13H2,1-6H3/t21-,22-,23+,27-/m0/s1. The Morgan fingerprint density at radius 2 is 1.74 bits per heavy atom. The van der Waals surface area contributed by atoms with Crippen LogP contribution in [0.15, 0.2) is 36.4 Å². The van der Waals surface area contributed by atoms with E-state index in [1.807, 2.05) is 20.8 Å². The molecule has 2 aromatic carbocycles. The van der Waals surface area contributed by atoms with E-state index in [4.69, 9.17) is 39.5 Å². The Kier molecular flexibility index (Phi) is 7.85. The van der Waals surface area contributed by atoms with Crippen LogP contribution in [-0.4, -0.2) is 23.7 Å². The number of halogens is 4. The minimum Gasteiger partial charge on any atom is -0.459 e. The molecule has 0 bridgehead atoms. The van der Waals surface area contributed by atoms with Crippen LogP contribution in [0.3, 0.4) is 0 Å². The zero-order valence-corrected chi connectivity index (χ0v) is 22.9. The molecule has 0 saturated carbocycles. The summed E-state index contributed by atoms with van der Waals surface area (Å²) >= 11 is 18.6. The number of hydrogen-bond acceptors (Lipinski definition) is 4. The maximum atomic E-state index is 15.5. The van der Waals surface area contributed by atoms with Gasteiger partial charge in [-0.1, -0.05) is 67.7 Å². The normalized spacial score (nSPS) is 24.8. The lowest BCUT2D eigenvalue weighted by molar-refractivity contribution is -0.157. The molecule has 2 aromatic rings. The Morgan fingerprint density at radius 3 is 2.26 bits per heavy atom. The summed E-state index contributed by atoms with van der Waals surface area (Å²) in [5, 5.41) is 15.0. The number of hydrogen-bond donors (Lipinski definition) is 1. The molecular weight excluding hydrogens is 510 g/mol. The first-order valence-electron chi connectivity index (χ1n) is 11.4. The molecular formula is C27H30Cl3FN2O2. The second kappa shape index (κ2) is 9.90. The fraction of sp³-hybridized carbons (Fsp3) is 0.481. The molecule has 0 radical (unpaired) electrons. The van der Waals surface area contributed by atoms with Crippen LogP contribution in [0.1, 0.15) is 65.0 Å². The number of nitriles is 1. The second-order valence-electron chi connectivity index (χ2n) is 11.3. The van der Waals surface area contributed by atoms with E-state index >= 15 is 4.39 Å². The number of benzene rings is 2. The Hall–Kier alpha value is -1.84. The van der Waals surface area contributed by atoms with Gasteiger partial charge < -0.3 is 4.74 Å². The fourth-order valence-electron chi connectivity index (χ4n) is 4.87. The number of carbonyl (C=O) groups is 1. The molecule has 1 heterocycles. The van der Waals surface area contributed by atoms with Crippen LogP contribution in [0.25, 0.3) is 0 Å². The number of esters is 1. The largest absolute Gasteiger partial charge is 0.459 e. The predicted octanol–water partition coefficient (Wildman–Crippen LogP) is 7.45. The van der Waals surface area contributed by atoms with Crippen molar-refractivity contribution in [1.82, 2.24) is 5.32 Å². The summed E-state index contributed by atoms with van der Waals surface area (Å²) in [7, 11) is 0. The molecule has 4 nitrogen and oxygen atoms in total. The van der Waals surface area contributed by atoms with Crippen LogP contribution < -0.4 is 5.32 Å². The maximum Gasteiger partial charge on any atom is 0.324 e. The lowest BCUT2D eigenvalue weighted by atomic mass is 9.63. The van der Waals surface area contributed by atoms with Gasteiger partial charge in [0.25, 0.3) is 0 Å². The van der Waals surface area contributed by atoms with Crippen molar-refractivity contribution in [2.24, 2.45) is 5.41 Å². The maximum absolute atomic E-state index is 15.5. The summed E-state index contributed by atoms with van der Waals surface area (Å²) in [5.41, 5.74) is -1.73. The quantitative estimate of drug-likeness (QED) is 0.410. The van der Waals surface area contributed by atoms with Crippen molar-refractivity contribution < 1.29 is 13.9 Å². The van der Waals surface area contributed by atoms with Gasteiger partial charge in [0.05, 0.1) is 16.1 Å². The average Bonchev–Trinajstić information content (AvgIpc) is 3.02. The number of ether oxygens (including phenoxy) is 1. The average molecular weight is 540 g/mol. The van der Waals surface area contributed by atoms with Crippen molar-refractivity contribution in [2.45, 2.75) is 77.0 Å². The zero-order valence-electron chi connectivity index (χ0n) is 20.7. The molecule has 0 spiro atoms. The van der Waals surface area contributed by atoms with Crippen molar-refractivity contribution in [3.8, 4) is 6.07 Å². The van der Waals surface area contributed by atoms with E-state index in [0.29, 0.717) is 17.0 Å². The first kappa shape index (κ1) is 27.7. The topological polar surface area (TPSA) is 62.1 Å². The minimum atomic E-state index is -1.47. The van der Waals surface area contributed by atoms with Crippen LogP contribution in [0.4, 0.5) is 4.39 Å². The van der Waals surface area contributed by atoms with Crippen LogP contribution in [0.5, 0.6) is 0 Å². The van der Waals surface area contributed by atoms with Gasteiger partial charge in [-0.2, -0.15) is 5.26 Å². The fourth-order valence-corrected chi connectivity index (χ4v) is 5.34. The highest BCUT2D eigenvalue weighted by Crippen LogP contribution is 2.52. The Balaban J connectivity index is 2.34. The summed E-state index contributed by atoms with van der Waals surface area (Å²) in [6.45, 7) is 11.4. The molecule has 0 aromatic heterocycles. The van der Waals surface area contributed by atoms with Gasteiger partial charge in [0, 0.05) is 22.5 Å². The third-order valence-electron chi connectivity index (χ3n) is 6.10. The summed E-state index contributed by atoms with van der Waals surface area (Å²) in [6, 6.07) is 10.1. The lowest BCUT2D eigenvalue weighted by Crippen LogP contribution is -2.44. The second-order valence-corrected chi connectivity index (χ2v) is 12.5. The summed E-state index contributed by atoms with van der Waals surface area (Å²) < 4.78 is 21.3.